The number of hydrogen-bond acceptors (Lipinski definition) is 4. The molecule has 0 spiro atoms. The highest BCUT2D eigenvalue weighted by Crippen LogP contribution is 2.19. The summed E-state index contributed by atoms with van der Waals surface area (Å²) in [5, 5.41) is 0. The van der Waals surface area contributed by atoms with Crippen LogP contribution in [0.2, 0.25) is 0 Å². The van der Waals surface area contributed by atoms with Crippen LogP contribution in [0.5, 0.6) is 0 Å². The third-order valence-electron chi connectivity index (χ3n) is 3.36. The van der Waals surface area contributed by atoms with Gasteiger partial charge < -0.3 is 10.6 Å². The zero-order valence-corrected chi connectivity index (χ0v) is 12.2. The van der Waals surface area contributed by atoms with Gasteiger partial charge in [0.05, 0.1) is 13.1 Å². The van der Waals surface area contributed by atoms with Crippen LogP contribution in [0, 0.1) is 0 Å². The highest BCUT2D eigenvalue weighted by molar-refractivity contribution is 6.02. The van der Waals surface area contributed by atoms with Crippen molar-refractivity contribution in [1.29, 1.82) is 0 Å². The molecule has 1 aromatic carbocycles. The number of nitrogens with two attached hydrogens (primary N) is 1. The number of likely N-dealkylation sites (N-methyl/N-ethyl adjacent to an activating group) is 1. The molecule has 0 atom stereocenters. The number of anilines is 1. The van der Waals surface area contributed by atoms with Crippen molar-refractivity contribution >= 4 is 17.5 Å². The molecule has 1 aliphatic rings. The number of imide groups is 1. The lowest BCUT2D eigenvalue weighted by atomic mass is 9.96. The summed E-state index contributed by atoms with van der Waals surface area (Å²) in [6.45, 7) is 4.45. The van der Waals surface area contributed by atoms with Crippen LogP contribution in [0.4, 0.5) is 5.69 Å². The summed E-state index contributed by atoms with van der Waals surface area (Å²) in [5.74, 6) is -0.346. The fourth-order valence-corrected chi connectivity index (χ4v) is 2.27. The highest BCUT2D eigenvalue weighted by atomic mass is 16.2. The second-order valence-corrected chi connectivity index (χ2v) is 6.03. The molecule has 1 saturated heterocycles. The smallest absolute Gasteiger partial charge is 0.248 e. The monoisotopic (exact) mass is 275 g/mol. The van der Waals surface area contributed by atoms with Crippen LogP contribution in [-0.4, -0.2) is 42.4 Å². The van der Waals surface area contributed by atoms with Gasteiger partial charge >= 0.3 is 0 Å². The maximum Gasteiger partial charge on any atom is 0.248 e. The molecule has 5 nitrogen and oxygen atoms in total. The summed E-state index contributed by atoms with van der Waals surface area (Å²) >= 11 is 0. The number of carbonyl (C=O) groups excluding carboxylic acids is 2. The van der Waals surface area contributed by atoms with Crippen molar-refractivity contribution in [2.45, 2.75) is 25.8 Å². The van der Waals surface area contributed by atoms with Gasteiger partial charge in [-0.3, -0.25) is 14.5 Å². The van der Waals surface area contributed by atoms with E-state index in [1.165, 1.54) is 11.9 Å². The number of piperazine rings is 1. The summed E-state index contributed by atoms with van der Waals surface area (Å²) in [4.78, 5) is 26.4. The molecule has 0 saturated carbocycles. The van der Waals surface area contributed by atoms with E-state index >= 15 is 0 Å². The van der Waals surface area contributed by atoms with Gasteiger partial charge in [-0.15, -0.1) is 0 Å². The van der Waals surface area contributed by atoms with Gasteiger partial charge in [0.15, 0.2) is 0 Å². The molecule has 2 N–H and O–H groups in total. The Morgan fingerprint density at radius 3 is 2.05 bits per heavy atom. The number of hydrogen-bond donors (Lipinski definition) is 1. The largest absolute Gasteiger partial charge is 0.353 e. The van der Waals surface area contributed by atoms with Crippen molar-refractivity contribution in [2.24, 2.45) is 5.73 Å². The Hall–Kier alpha value is -1.88. The number of carbonyl (C=O) groups is 2. The lowest BCUT2D eigenvalue weighted by Gasteiger charge is -2.32. The Morgan fingerprint density at radius 1 is 1.10 bits per heavy atom. The van der Waals surface area contributed by atoms with Crippen LogP contribution in [0.15, 0.2) is 24.3 Å². The Balaban J connectivity index is 2.11. The fraction of sp³-hybridized carbons (Fsp3) is 0.467. The van der Waals surface area contributed by atoms with Gasteiger partial charge in [0, 0.05) is 18.3 Å². The van der Waals surface area contributed by atoms with Crippen molar-refractivity contribution in [3.05, 3.63) is 29.8 Å². The average Bonchev–Trinajstić information content (AvgIpc) is 2.34. The maximum atomic E-state index is 11.7. The van der Waals surface area contributed by atoms with E-state index in [1.807, 2.05) is 38.1 Å². The van der Waals surface area contributed by atoms with Crippen LogP contribution < -0.4 is 10.6 Å². The maximum absolute atomic E-state index is 11.7. The van der Waals surface area contributed by atoms with Crippen LogP contribution in [0.25, 0.3) is 0 Å². The van der Waals surface area contributed by atoms with Crippen molar-refractivity contribution in [3.63, 3.8) is 0 Å². The first kappa shape index (κ1) is 14.5. The van der Waals surface area contributed by atoms with Gasteiger partial charge in [0.2, 0.25) is 11.8 Å². The van der Waals surface area contributed by atoms with Gasteiger partial charge in [0.25, 0.3) is 0 Å². The summed E-state index contributed by atoms with van der Waals surface area (Å²) < 4.78 is 0. The lowest BCUT2D eigenvalue weighted by Crippen LogP contribution is -2.52. The second kappa shape index (κ2) is 5.25. The Morgan fingerprint density at radius 2 is 1.60 bits per heavy atom. The van der Waals surface area contributed by atoms with Crippen LogP contribution in [-0.2, 0) is 16.0 Å². The SMILES string of the molecule is CN1C(=O)CN(c2ccc(CC(C)(C)N)cc2)CC1=O. The summed E-state index contributed by atoms with van der Waals surface area (Å²) in [7, 11) is 1.52. The van der Waals surface area contributed by atoms with Crippen LogP contribution in [0.1, 0.15) is 19.4 Å². The Bertz CT molecular complexity index is 499. The van der Waals surface area contributed by atoms with Gasteiger partial charge in [-0.05, 0) is 38.0 Å². The zero-order valence-electron chi connectivity index (χ0n) is 12.2. The van der Waals surface area contributed by atoms with Gasteiger partial charge in [-0.25, -0.2) is 0 Å². The Labute approximate surface area is 119 Å². The predicted octanol–water partition coefficient (Wildman–Crippen LogP) is 0.771. The molecule has 5 heteroatoms. The summed E-state index contributed by atoms with van der Waals surface area (Å²) in [5.41, 5.74) is 7.78. The van der Waals surface area contributed by atoms with Crippen molar-refractivity contribution < 1.29 is 9.59 Å². The van der Waals surface area contributed by atoms with Crippen molar-refractivity contribution in [1.82, 2.24) is 4.90 Å². The second-order valence-electron chi connectivity index (χ2n) is 6.03. The zero-order chi connectivity index (χ0) is 14.9. The minimum atomic E-state index is -0.249. The van der Waals surface area contributed by atoms with Crippen molar-refractivity contribution in [2.75, 3.05) is 25.0 Å². The number of amides is 2. The minimum Gasteiger partial charge on any atom is -0.353 e. The third-order valence-corrected chi connectivity index (χ3v) is 3.36. The number of benzene rings is 1. The first-order valence-corrected chi connectivity index (χ1v) is 6.68. The topological polar surface area (TPSA) is 66.6 Å². The first-order chi connectivity index (χ1) is 9.26. The molecule has 2 rings (SSSR count). The molecule has 0 aliphatic carbocycles. The fourth-order valence-electron chi connectivity index (χ4n) is 2.27. The summed E-state index contributed by atoms with van der Waals surface area (Å²) in [6, 6.07) is 7.87. The number of rotatable bonds is 3. The quantitative estimate of drug-likeness (QED) is 0.828. The molecule has 1 aromatic rings. The van der Waals surface area contributed by atoms with E-state index in [-0.39, 0.29) is 30.4 Å². The highest BCUT2D eigenvalue weighted by Gasteiger charge is 2.28. The van der Waals surface area contributed by atoms with E-state index in [2.05, 4.69) is 0 Å². The van der Waals surface area contributed by atoms with E-state index < -0.39 is 0 Å². The van der Waals surface area contributed by atoms with Gasteiger partial charge in [-0.1, -0.05) is 12.1 Å². The molecule has 0 aromatic heterocycles. The molecule has 1 aliphatic heterocycles. The molecule has 0 radical (unpaired) electrons. The molecule has 20 heavy (non-hydrogen) atoms. The van der Waals surface area contributed by atoms with Crippen LogP contribution in [0.3, 0.4) is 0 Å². The van der Waals surface area contributed by atoms with Gasteiger partial charge in [0.1, 0.15) is 0 Å². The standard InChI is InChI=1S/C15H21N3O2/c1-15(2,16)8-11-4-6-12(7-5-11)18-9-13(19)17(3)14(20)10-18/h4-7H,8-10,16H2,1-3H3. The molecular formula is C15H21N3O2. The normalized spacial score (nSPS) is 16.8. The molecule has 1 heterocycles. The Kier molecular flexibility index (Phi) is 3.81. The van der Waals surface area contributed by atoms with E-state index in [0.717, 1.165) is 17.7 Å². The van der Waals surface area contributed by atoms with Gasteiger partial charge in [-0.2, -0.15) is 0 Å². The number of nitrogens with zero attached hydrogens (tertiary/aromatic N) is 2. The average molecular weight is 275 g/mol. The molecule has 0 bridgehead atoms. The lowest BCUT2D eigenvalue weighted by molar-refractivity contribution is -0.143. The van der Waals surface area contributed by atoms with E-state index in [0.29, 0.717) is 0 Å². The molecule has 0 unspecified atom stereocenters. The molecular weight excluding hydrogens is 254 g/mol. The molecule has 1 fully saturated rings. The van der Waals surface area contributed by atoms with Crippen LogP contribution >= 0.6 is 0 Å². The third kappa shape index (κ3) is 3.36. The summed E-state index contributed by atoms with van der Waals surface area (Å²) in [6.07, 6.45) is 0.786. The minimum absolute atomic E-state index is 0.173. The van der Waals surface area contributed by atoms with Crippen molar-refractivity contribution in [3.8, 4) is 0 Å². The predicted molar refractivity (Wildman–Crippen MR) is 78.4 cm³/mol. The van der Waals surface area contributed by atoms with E-state index in [1.54, 1.807) is 4.90 Å². The molecule has 2 amide bonds. The van der Waals surface area contributed by atoms with E-state index in [4.69, 9.17) is 5.73 Å². The van der Waals surface area contributed by atoms with E-state index in [9.17, 15) is 9.59 Å². The molecule has 108 valence electrons. The first-order valence-electron chi connectivity index (χ1n) is 6.68.